The smallest absolute Gasteiger partial charge is 0.0850 e. The fraction of sp³-hybridized carbons (Fsp3) is 0.812. The van der Waals surface area contributed by atoms with E-state index in [9.17, 15) is 0 Å². The Kier molecular flexibility index (Phi) is 8.24. The Balaban J connectivity index is 2.48. The third-order valence-corrected chi connectivity index (χ3v) is 4.26. The fourth-order valence-electron chi connectivity index (χ4n) is 2.57. The van der Waals surface area contributed by atoms with Gasteiger partial charge in [-0.05, 0) is 19.8 Å². The fourth-order valence-corrected chi connectivity index (χ4v) is 2.92. The zero-order valence-corrected chi connectivity index (χ0v) is 14.0. The molecule has 0 bridgehead atoms. The Morgan fingerprint density at radius 1 is 1.15 bits per heavy atom. The number of nitrogens with zero attached hydrogens (tertiary/aromatic N) is 2. The molecule has 1 aromatic rings. The Morgan fingerprint density at radius 3 is 2.45 bits per heavy atom. The zero-order valence-electron chi connectivity index (χ0n) is 13.3. The van der Waals surface area contributed by atoms with E-state index in [0.29, 0.717) is 0 Å². The molecule has 0 saturated carbocycles. The molecule has 0 spiro atoms. The summed E-state index contributed by atoms with van der Waals surface area (Å²) < 4.78 is 2.01. The number of hydrogen-bond acceptors (Lipinski definition) is 2. The molecule has 1 rings (SSSR count). The second kappa shape index (κ2) is 9.41. The van der Waals surface area contributed by atoms with Gasteiger partial charge in [0.25, 0.3) is 0 Å². The number of rotatable bonds is 10. The number of unbranched alkanes of at least 4 members (excludes halogenated alkanes) is 4. The van der Waals surface area contributed by atoms with Crippen LogP contribution in [0.2, 0.25) is 5.02 Å². The van der Waals surface area contributed by atoms with Gasteiger partial charge in [0.1, 0.15) is 0 Å². The standard InChI is InChI=1S/C16H30ClN3/c1-4-7-8-9-10-11-13(18)12-15-16(17)14(5-2)19-20(15)6-3/h13H,4-12,18H2,1-3H3. The molecule has 1 aromatic heterocycles. The lowest BCUT2D eigenvalue weighted by molar-refractivity contribution is 0.516. The van der Waals surface area contributed by atoms with Crippen molar-refractivity contribution in [1.82, 2.24) is 9.78 Å². The van der Waals surface area contributed by atoms with Gasteiger partial charge in [0.2, 0.25) is 0 Å². The van der Waals surface area contributed by atoms with Crippen molar-refractivity contribution in [2.75, 3.05) is 0 Å². The number of nitrogens with two attached hydrogens (primary N) is 1. The van der Waals surface area contributed by atoms with E-state index in [1.54, 1.807) is 0 Å². The van der Waals surface area contributed by atoms with Gasteiger partial charge in [-0.2, -0.15) is 5.10 Å². The maximum absolute atomic E-state index is 6.42. The molecule has 0 aliphatic heterocycles. The van der Waals surface area contributed by atoms with E-state index in [-0.39, 0.29) is 6.04 Å². The minimum atomic E-state index is 0.195. The highest BCUT2D eigenvalue weighted by Gasteiger charge is 2.16. The first-order chi connectivity index (χ1) is 9.63. The molecule has 0 aromatic carbocycles. The molecule has 1 unspecified atom stereocenters. The van der Waals surface area contributed by atoms with Crippen LogP contribution in [-0.4, -0.2) is 15.8 Å². The topological polar surface area (TPSA) is 43.8 Å². The van der Waals surface area contributed by atoms with Crippen molar-refractivity contribution < 1.29 is 0 Å². The van der Waals surface area contributed by atoms with Gasteiger partial charge < -0.3 is 5.73 Å². The predicted octanol–water partition coefficient (Wildman–Crippen LogP) is 4.35. The molecular weight excluding hydrogens is 270 g/mol. The van der Waals surface area contributed by atoms with E-state index in [1.807, 2.05) is 4.68 Å². The van der Waals surface area contributed by atoms with Gasteiger partial charge in [-0.25, -0.2) is 0 Å². The lowest BCUT2D eigenvalue weighted by Gasteiger charge is -2.13. The summed E-state index contributed by atoms with van der Waals surface area (Å²) in [5, 5.41) is 5.38. The van der Waals surface area contributed by atoms with E-state index in [2.05, 4.69) is 25.9 Å². The van der Waals surface area contributed by atoms with Crippen LogP contribution in [0.25, 0.3) is 0 Å². The van der Waals surface area contributed by atoms with E-state index in [1.165, 1.54) is 32.1 Å². The van der Waals surface area contributed by atoms with Crippen LogP contribution in [0.1, 0.15) is 70.7 Å². The van der Waals surface area contributed by atoms with Crippen molar-refractivity contribution >= 4 is 11.6 Å². The number of hydrogen-bond donors (Lipinski definition) is 1. The summed E-state index contributed by atoms with van der Waals surface area (Å²) in [6.45, 7) is 7.29. The summed E-state index contributed by atoms with van der Waals surface area (Å²) in [6.07, 6.45) is 9.27. The first-order valence-corrected chi connectivity index (χ1v) is 8.51. The molecular formula is C16H30ClN3. The van der Waals surface area contributed by atoms with Crippen molar-refractivity contribution in [2.24, 2.45) is 5.73 Å². The first-order valence-electron chi connectivity index (χ1n) is 8.13. The lowest BCUT2D eigenvalue weighted by atomic mass is 10.0. The van der Waals surface area contributed by atoms with Gasteiger partial charge in [0, 0.05) is 19.0 Å². The van der Waals surface area contributed by atoms with Gasteiger partial charge in [0.05, 0.1) is 16.4 Å². The van der Waals surface area contributed by atoms with Crippen molar-refractivity contribution in [3.63, 3.8) is 0 Å². The summed E-state index contributed by atoms with van der Waals surface area (Å²) in [7, 11) is 0. The van der Waals surface area contributed by atoms with E-state index < -0.39 is 0 Å². The third kappa shape index (κ3) is 5.10. The van der Waals surface area contributed by atoms with Gasteiger partial charge >= 0.3 is 0 Å². The average molecular weight is 300 g/mol. The van der Waals surface area contributed by atoms with Gasteiger partial charge in [0.15, 0.2) is 0 Å². The van der Waals surface area contributed by atoms with Crippen molar-refractivity contribution in [2.45, 2.75) is 84.7 Å². The van der Waals surface area contributed by atoms with E-state index in [4.69, 9.17) is 17.3 Å². The highest BCUT2D eigenvalue weighted by atomic mass is 35.5. The SMILES string of the molecule is CCCCCCCC(N)Cc1c(Cl)c(CC)nn1CC. The number of aromatic nitrogens is 2. The summed E-state index contributed by atoms with van der Waals surface area (Å²) in [4.78, 5) is 0. The Morgan fingerprint density at radius 2 is 1.85 bits per heavy atom. The number of halogens is 1. The Hall–Kier alpha value is -0.540. The monoisotopic (exact) mass is 299 g/mol. The quantitative estimate of drug-likeness (QED) is 0.653. The molecule has 1 heterocycles. The molecule has 0 fully saturated rings. The molecule has 116 valence electrons. The predicted molar refractivity (Wildman–Crippen MR) is 87.3 cm³/mol. The molecule has 20 heavy (non-hydrogen) atoms. The van der Waals surface area contributed by atoms with Crippen LogP contribution in [0.3, 0.4) is 0 Å². The summed E-state index contributed by atoms with van der Waals surface area (Å²) in [6, 6.07) is 0.195. The maximum Gasteiger partial charge on any atom is 0.0850 e. The second-order valence-electron chi connectivity index (χ2n) is 5.54. The zero-order chi connectivity index (χ0) is 15.0. The Bertz CT molecular complexity index is 387. The summed E-state index contributed by atoms with van der Waals surface area (Å²) >= 11 is 6.42. The van der Waals surface area contributed by atoms with Gasteiger partial charge in [-0.1, -0.05) is 57.6 Å². The van der Waals surface area contributed by atoms with Crippen LogP contribution in [0, 0.1) is 0 Å². The van der Waals surface area contributed by atoms with E-state index in [0.717, 1.165) is 42.2 Å². The molecule has 1 atom stereocenters. The van der Waals surface area contributed by atoms with E-state index >= 15 is 0 Å². The highest BCUT2D eigenvalue weighted by molar-refractivity contribution is 6.31. The highest BCUT2D eigenvalue weighted by Crippen LogP contribution is 2.23. The molecule has 3 nitrogen and oxygen atoms in total. The molecule has 0 amide bonds. The molecule has 0 saturated heterocycles. The third-order valence-electron chi connectivity index (χ3n) is 3.83. The largest absolute Gasteiger partial charge is 0.327 e. The maximum atomic E-state index is 6.42. The van der Waals surface area contributed by atoms with Crippen LogP contribution in [0.5, 0.6) is 0 Å². The van der Waals surface area contributed by atoms with Gasteiger partial charge in [-0.3, -0.25) is 4.68 Å². The minimum absolute atomic E-state index is 0.195. The first kappa shape index (κ1) is 17.5. The van der Waals surface area contributed by atoms with Crippen LogP contribution < -0.4 is 5.73 Å². The van der Waals surface area contributed by atoms with Crippen LogP contribution in [0.4, 0.5) is 0 Å². The second-order valence-corrected chi connectivity index (χ2v) is 5.92. The normalized spacial score (nSPS) is 12.8. The average Bonchev–Trinajstić information content (AvgIpc) is 2.75. The molecule has 0 aliphatic rings. The summed E-state index contributed by atoms with van der Waals surface area (Å²) in [5.41, 5.74) is 8.38. The van der Waals surface area contributed by atoms with Gasteiger partial charge in [-0.15, -0.1) is 0 Å². The van der Waals surface area contributed by atoms with Crippen molar-refractivity contribution in [3.8, 4) is 0 Å². The minimum Gasteiger partial charge on any atom is -0.327 e. The molecule has 4 heteroatoms. The molecule has 2 N–H and O–H groups in total. The van der Waals surface area contributed by atoms with Crippen LogP contribution in [0.15, 0.2) is 0 Å². The Labute approximate surface area is 128 Å². The molecule has 0 aliphatic carbocycles. The molecule has 0 radical (unpaired) electrons. The van der Waals surface area contributed by atoms with Crippen LogP contribution >= 0.6 is 11.6 Å². The summed E-state index contributed by atoms with van der Waals surface area (Å²) in [5.74, 6) is 0. The number of aryl methyl sites for hydroxylation is 2. The van der Waals surface area contributed by atoms with Crippen LogP contribution in [-0.2, 0) is 19.4 Å². The van der Waals surface area contributed by atoms with Crippen molar-refractivity contribution in [1.29, 1.82) is 0 Å². The lowest BCUT2D eigenvalue weighted by Crippen LogP contribution is -2.24. The van der Waals surface area contributed by atoms with Crippen molar-refractivity contribution in [3.05, 3.63) is 16.4 Å².